The van der Waals surface area contributed by atoms with Crippen LogP contribution in [0.5, 0.6) is 0 Å². The predicted octanol–water partition coefficient (Wildman–Crippen LogP) is 5.77. The molecule has 0 aliphatic heterocycles. The number of unbranched alkanes of at least 4 members (excludes halogenated alkanes) is 14. The largest absolute Gasteiger partial charge is 0.463 e. The van der Waals surface area contributed by atoms with Crippen molar-refractivity contribution in [2.75, 3.05) is 26.4 Å². The Morgan fingerprint density at radius 3 is 1.58 bits per heavy atom. The molecule has 0 bridgehead atoms. The van der Waals surface area contributed by atoms with E-state index in [1.807, 2.05) is 0 Å². The van der Waals surface area contributed by atoms with Crippen LogP contribution in [0.3, 0.4) is 0 Å². The van der Waals surface area contributed by atoms with Gasteiger partial charge in [0.2, 0.25) is 0 Å². The normalized spacial score (nSPS) is 11.0. The van der Waals surface area contributed by atoms with Gasteiger partial charge in [0.25, 0.3) is 0 Å². The topological polar surface area (TPSA) is 61.5 Å². The molecule has 0 saturated heterocycles. The second-order valence-corrected chi connectivity index (χ2v) is 7.32. The average molecular weight is 372 g/mol. The molecule has 0 unspecified atom stereocenters. The third-order valence-electron chi connectivity index (χ3n) is 4.74. The lowest BCUT2D eigenvalue weighted by Crippen LogP contribution is -2.14. The summed E-state index contributed by atoms with van der Waals surface area (Å²) in [5.74, 6) is -0.101. The number of nitrogens with two attached hydrogens (primary N) is 1. The zero-order valence-corrected chi connectivity index (χ0v) is 17.4. The van der Waals surface area contributed by atoms with Crippen LogP contribution in [0.4, 0.5) is 0 Å². The molecule has 4 heteroatoms. The molecule has 0 fully saturated rings. The van der Waals surface area contributed by atoms with Crippen LogP contribution in [0.2, 0.25) is 0 Å². The minimum atomic E-state index is -0.101. The van der Waals surface area contributed by atoms with Crippen LogP contribution in [0.1, 0.15) is 110 Å². The number of carbonyl (C=O) groups is 1. The predicted molar refractivity (Wildman–Crippen MR) is 110 cm³/mol. The first-order valence-corrected chi connectivity index (χ1v) is 11.2. The quantitative estimate of drug-likeness (QED) is 0.206. The molecular weight excluding hydrogens is 326 g/mol. The van der Waals surface area contributed by atoms with E-state index >= 15 is 0 Å². The molecule has 0 aromatic rings. The molecule has 26 heavy (non-hydrogen) atoms. The van der Waals surface area contributed by atoms with Crippen molar-refractivity contribution in [3.63, 3.8) is 0 Å². The first-order chi connectivity index (χ1) is 12.8. The minimum Gasteiger partial charge on any atom is -0.463 e. The lowest BCUT2D eigenvalue weighted by molar-refractivity contribution is -0.145. The number of hydrogen-bond donors (Lipinski definition) is 1. The molecule has 2 N–H and O–H groups in total. The van der Waals surface area contributed by atoms with E-state index in [-0.39, 0.29) is 5.97 Å². The summed E-state index contributed by atoms with van der Waals surface area (Å²) in [4.78, 5) is 11.5. The minimum absolute atomic E-state index is 0.101. The monoisotopic (exact) mass is 371 g/mol. The number of rotatable bonds is 21. The molecule has 0 amide bonds. The highest BCUT2D eigenvalue weighted by atomic mass is 16.6. The highest BCUT2D eigenvalue weighted by molar-refractivity contribution is 5.69. The Bertz CT molecular complexity index is 285. The van der Waals surface area contributed by atoms with Crippen LogP contribution >= 0.6 is 0 Å². The van der Waals surface area contributed by atoms with E-state index < -0.39 is 0 Å². The second-order valence-electron chi connectivity index (χ2n) is 7.32. The van der Waals surface area contributed by atoms with Crippen molar-refractivity contribution < 1.29 is 14.3 Å². The van der Waals surface area contributed by atoms with Crippen LogP contribution < -0.4 is 5.73 Å². The maximum absolute atomic E-state index is 11.5. The molecule has 0 aliphatic rings. The number of ether oxygens (including phenoxy) is 2. The fourth-order valence-corrected chi connectivity index (χ4v) is 3.11. The van der Waals surface area contributed by atoms with E-state index in [0.717, 1.165) is 12.8 Å². The van der Waals surface area contributed by atoms with E-state index in [9.17, 15) is 4.79 Å². The van der Waals surface area contributed by atoms with Gasteiger partial charge in [0.05, 0.1) is 13.2 Å². The van der Waals surface area contributed by atoms with Crippen LogP contribution in [0.25, 0.3) is 0 Å². The van der Waals surface area contributed by atoms with Crippen LogP contribution in [0.15, 0.2) is 0 Å². The van der Waals surface area contributed by atoms with E-state index in [0.29, 0.717) is 32.8 Å². The third kappa shape index (κ3) is 21.4. The molecule has 4 nitrogen and oxygen atoms in total. The lowest BCUT2D eigenvalue weighted by atomic mass is 10.0. The molecule has 0 aliphatic carbocycles. The Labute approximate surface area is 162 Å². The van der Waals surface area contributed by atoms with Crippen LogP contribution in [-0.2, 0) is 14.3 Å². The summed E-state index contributed by atoms with van der Waals surface area (Å²) in [6.07, 6.45) is 20.6. The van der Waals surface area contributed by atoms with E-state index in [2.05, 4.69) is 6.92 Å². The van der Waals surface area contributed by atoms with Gasteiger partial charge in [-0.05, 0) is 6.42 Å². The zero-order valence-electron chi connectivity index (χ0n) is 17.4. The Morgan fingerprint density at radius 2 is 1.12 bits per heavy atom. The summed E-state index contributed by atoms with van der Waals surface area (Å²) in [6.45, 7) is 4.10. The van der Waals surface area contributed by atoms with Gasteiger partial charge in [-0.1, -0.05) is 96.8 Å². The first-order valence-electron chi connectivity index (χ1n) is 11.2. The zero-order chi connectivity index (χ0) is 19.1. The van der Waals surface area contributed by atoms with Crippen molar-refractivity contribution in [3.8, 4) is 0 Å². The second kappa shape index (κ2) is 22.4. The molecule has 0 rings (SSSR count). The van der Waals surface area contributed by atoms with Crippen molar-refractivity contribution in [2.24, 2.45) is 5.73 Å². The van der Waals surface area contributed by atoms with Crippen molar-refractivity contribution in [2.45, 2.75) is 110 Å². The van der Waals surface area contributed by atoms with Crippen molar-refractivity contribution in [3.05, 3.63) is 0 Å². The van der Waals surface area contributed by atoms with Crippen LogP contribution in [0, 0.1) is 0 Å². The SMILES string of the molecule is CCCCCCCCCCCCCCCCCC(=O)OCCOCCN. The molecule has 0 radical (unpaired) electrons. The van der Waals surface area contributed by atoms with Gasteiger partial charge >= 0.3 is 5.97 Å². The molecular formula is C22H45NO3. The van der Waals surface area contributed by atoms with E-state index in [4.69, 9.17) is 15.2 Å². The summed E-state index contributed by atoms with van der Waals surface area (Å²) < 4.78 is 10.3. The standard InChI is InChI=1S/C22H45NO3/c1-2-3-4-5-6-7-8-9-10-11-12-13-14-15-16-17-22(24)26-21-20-25-19-18-23/h2-21,23H2,1H3. The highest BCUT2D eigenvalue weighted by Crippen LogP contribution is 2.13. The fourth-order valence-electron chi connectivity index (χ4n) is 3.11. The Kier molecular flexibility index (Phi) is 21.9. The molecule has 0 aromatic carbocycles. The van der Waals surface area contributed by atoms with Crippen molar-refractivity contribution in [1.82, 2.24) is 0 Å². The van der Waals surface area contributed by atoms with Gasteiger partial charge in [-0.2, -0.15) is 0 Å². The average Bonchev–Trinajstić information content (AvgIpc) is 2.64. The van der Waals surface area contributed by atoms with Gasteiger partial charge in [0, 0.05) is 13.0 Å². The van der Waals surface area contributed by atoms with Gasteiger partial charge in [0.1, 0.15) is 6.61 Å². The molecule has 0 aromatic heterocycles. The summed E-state index contributed by atoms with van der Waals surface area (Å²) in [5, 5.41) is 0. The van der Waals surface area contributed by atoms with Gasteiger partial charge < -0.3 is 15.2 Å². The third-order valence-corrected chi connectivity index (χ3v) is 4.74. The molecule has 156 valence electrons. The smallest absolute Gasteiger partial charge is 0.305 e. The Morgan fingerprint density at radius 1 is 0.654 bits per heavy atom. The molecule has 0 atom stereocenters. The van der Waals surface area contributed by atoms with Crippen molar-refractivity contribution >= 4 is 5.97 Å². The van der Waals surface area contributed by atoms with Crippen molar-refractivity contribution in [1.29, 1.82) is 0 Å². The number of hydrogen-bond acceptors (Lipinski definition) is 4. The summed E-state index contributed by atoms with van der Waals surface area (Å²) >= 11 is 0. The van der Waals surface area contributed by atoms with Gasteiger partial charge in [-0.3, -0.25) is 4.79 Å². The van der Waals surface area contributed by atoms with Gasteiger partial charge in [0.15, 0.2) is 0 Å². The van der Waals surface area contributed by atoms with E-state index in [1.54, 1.807) is 0 Å². The summed E-state index contributed by atoms with van der Waals surface area (Å²) in [7, 11) is 0. The van der Waals surface area contributed by atoms with E-state index in [1.165, 1.54) is 83.5 Å². The molecule has 0 spiro atoms. The first kappa shape index (κ1) is 25.4. The summed E-state index contributed by atoms with van der Waals surface area (Å²) in [6, 6.07) is 0. The molecule has 0 saturated carbocycles. The molecule has 0 heterocycles. The number of esters is 1. The Hall–Kier alpha value is -0.610. The fraction of sp³-hybridized carbons (Fsp3) is 0.955. The maximum atomic E-state index is 11.5. The number of carbonyl (C=O) groups excluding carboxylic acids is 1. The maximum Gasteiger partial charge on any atom is 0.305 e. The Balaban J connectivity index is 3.09. The van der Waals surface area contributed by atoms with Gasteiger partial charge in [-0.15, -0.1) is 0 Å². The lowest BCUT2D eigenvalue weighted by Gasteiger charge is -2.05. The van der Waals surface area contributed by atoms with Crippen LogP contribution in [-0.4, -0.2) is 32.3 Å². The van der Waals surface area contributed by atoms with Gasteiger partial charge in [-0.25, -0.2) is 0 Å². The highest BCUT2D eigenvalue weighted by Gasteiger charge is 2.02. The summed E-state index contributed by atoms with van der Waals surface area (Å²) in [5.41, 5.74) is 5.31.